The Hall–Kier alpha value is 2.03. The van der Waals surface area contributed by atoms with Gasteiger partial charge in [0, 0.05) is 198 Å². The van der Waals surface area contributed by atoms with Gasteiger partial charge in [-0.25, -0.2) is 0 Å². The van der Waals surface area contributed by atoms with Gasteiger partial charge >= 0.3 is 69.6 Å². The Morgan fingerprint density at radius 3 is 1.05 bits per heavy atom. The fourth-order valence-corrected chi connectivity index (χ4v) is 30.8. The first kappa shape index (κ1) is 72.6. The molecule has 0 heterocycles. The number of benzene rings is 2. The molecule has 0 N–H and O–H groups in total. The standard InChI is InChI=1S/C11H13F6NO6S2Si.C9H13Cl2NSi.CF3O2S.Ag.O.S8.S7/c1-18(2)8-6-4-5-7-9(8)27(3,23-25(19,20)10(12,13)14)24-26(21,22)11(15,16)17;1-12(2)8-6-4-5-7-9(8)13(3,10)11;2-1(3,4)7(5)6;;;1-3-5-7-8-6-4-2;1-3-5-7-6-4-2/h4-7H,1-3H3;4-7H,1-3H3;;;;;/q;;-1;;;;. The summed E-state index contributed by atoms with van der Waals surface area (Å²) in [6, 6.07) is 12.6. The van der Waals surface area contributed by atoms with E-state index in [1.165, 1.54) is 66.6 Å². The van der Waals surface area contributed by atoms with Crippen molar-refractivity contribution in [2.75, 3.05) is 38.0 Å². The van der Waals surface area contributed by atoms with Crippen LogP contribution in [0, 0.1) is 0 Å². The Balaban J connectivity index is -0.000000401. The van der Waals surface area contributed by atoms with E-state index in [0.717, 1.165) is 23.0 Å². The molecule has 0 aliphatic rings. The van der Waals surface area contributed by atoms with E-state index in [2.05, 4.69) is 52.5 Å². The van der Waals surface area contributed by atoms with Crippen LogP contribution in [0.5, 0.6) is 0 Å². The SMILES string of the molecule is CN(C)c1ccccc1[Si](C)(Cl)Cl.CN(C)c1ccccc1[Si](C)(OS(=O)(=O)C(F)(F)F)OS(=O)(=O)C(F)(F)F.O=[S-](=O)C(F)(F)F.S=S=S=S=S=S=S.S=S=S=S=S=S=S=S.[O]=[Ag]. The van der Waals surface area contributed by atoms with Crippen LogP contribution < -0.4 is 20.2 Å². The Labute approximate surface area is 439 Å². The van der Waals surface area contributed by atoms with E-state index in [0.29, 0.717) is 6.55 Å². The second-order valence-corrected chi connectivity index (χ2v) is 44.4. The van der Waals surface area contributed by atoms with E-state index >= 15 is 0 Å². The van der Waals surface area contributed by atoms with Crippen molar-refractivity contribution in [2.45, 2.75) is 29.6 Å². The molecule has 2 aromatic rings. The van der Waals surface area contributed by atoms with Crippen molar-refractivity contribution in [1.29, 1.82) is 0 Å². The van der Waals surface area contributed by atoms with Crippen molar-refractivity contribution in [3.05, 3.63) is 48.5 Å². The number of nitrogens with zero attached hydrogens (tertiary/aromatic N) is 2. The van der Waals surface area contributed by atoms with E-state index in [-0.39, 0.29) is 5.69 Å². The van der Waals surface area contributed by atoms with Crippen LogP contribution in [0.3, 0.4) is 0 Å². The molecule has 0 saturated carbocycles. The summed E-state index contributed by atoms with van der Waals surface area (Å²) in [6.07, 6.45) is 0. The number of hydrogen-bond donors (Lipinski definition) is 0. The molecular weight excluding hydrogens is 1410 g/mol. The van der Waals surface area contributed by atoms with Gasteiger partial charge in [0.2, 0.25) is 0 Å². The van der Waals surface area contributed by atoms with Gasteiger partial charge in [-0.1, -0.05) is 36.4 Å². The van der Waals surface area contributed by atoms with Crippen molar-refractivity contribution in [3.8, 4) is 0 Å². The molecular formula is C21H26AgCl2F9N2O9S18Si2-. The number of halogens is 11. The monoisotopic (exact) mass is 1430 g/mol. The summed E-state index contributed by atoms with van der Waals surface area (Å²) in [4.78, 5) is 3.24. The maximum atomic E-state index is 12.7. The van der Waals surface area contributed by atoms with Gasteiger partial charge in [-0.3, -0.25) is 7.74 Å². The van der Waals surface area contributed by atoms with Gasteiger partial charge in [0.1, 0.15) is 0 Å². The van der Waals surface area contributed by atoms with E-state index in [1.54, 1.807) is 83.2 Å². The van der Waals surface area contributed by atoms with Crippen molar-refractivity contribution in [3.63, 3.8) is 0 Å². The second-order valence-electron chi connectivity index (χ2n) is 10.1. The van der Waals surface area contributed by atoms with E-state index in [9.17, 15) is 56.3 Å². The first-order chi connectivity index (χ1) is 29.0. The number of rotatable bonds is 8. The summed E-state index contributed by atoms with van der Waals surface area (Å²) in [7, 11) is 0.880. The van der Waals surface area contributed by atoms with Gasteiger partial charge < -0.3 is 18.2 Å². The maximum absolute atomic E-state index is 12.7. The molecule has 0 fully saturated rings. The fraction of sp³-hybridized carbons (Fsp3) is 0.429. The van der Waals surface area contributed by atoms with Gasteiger partial charge in [-0.15, -0.1) is 22.2 Å². The van der Waals surface area contributed by atoms with Crippen molar-refractivity contribution >= 4 is 233 Å². The first-order valence-corrected chi connectivity index (χ1v) is 42.8. The van der Waals surface area contributed by atoms with Crippen LogP contribution in [-0.4, -0.2) is 76.8 Å². The summed E-state index contributed by atoms with van der Waals surface area (Å²) < 4.78 is 187. The third-order valence-electron chi connectivity index (χ3n) is 5.28. The van der Waals surface area contributed by atoms with E-state index < -0.39 is 67.9 Å². The van der Waals surface area contributed by atoms with Crippen molar-refractivity contribution in [1.82, 2.24) is 0 Å². The molecule has 0 unspecified atom stereocenters. The van der Waals surface area contributed by atoms with Crippen LogP contribution >= 0.6 is 22.2 Å². The van der Waals surface area contributed by atoms with Crippen LogP contribution in [-0.2, 0) is 214 Å². The summed E-state index contributed by atoms with van der Waals surface area (Å²) in [5, 5.41) is 0.499. The summed E-state index contributed by atoms with van der Waals surface area (Å²) in [5.74, 6) is 0. The van der Waals surface area contributed by atoms with E-state index in [4.69, 9.17) is 33.8 Å². The van der Waals surface area contributed by atoms with Gasteiger partial charge in [0.15, 0.2) is 0 Å². The Morgan fingerprint density at radius 1 is 0.578 bits per heavy atom. The molecule has 0 atom stereocenters. The van der Waals surface area contributed by atoms with Crippen molar-refractivity contribution < 1.29 is 96.8 Å². The van der Waals surface area contributed by atoms with Crippen LogP contribution in [0.4, 0.5) is 50.9 Å². The minimum absolute atomic E-state index is 0.0959. The van der Waals surface area contributed by atoms with Gasteiger partial charge in [0.25, 0.3) is 6.69 Å². The fourth-order valence-electron chi connectivity index (χ4n) is 3.18. The molecule has 2 rings (SSSR count). The molecule has 0 aliphatic carbocycles. The molecule has 0 radical (unpaired) electrons. The van der Waals surface area contributed by atoms with Gasteiger partial charge in [-0.05, 0) is 30.4 Å². The molecule has 0 aliphatic heterocycles. The quantitative estimate of drug-likeness (QED) is 0.116. The average molecular weight is 1430 g/mol. The Morgan fingerprint density at radius 2 is 0.828 bits per heavy atom. The molecule has 0 saturated heterocycles. The molecule has 0 aromatic heterocycles. The van der Waals surface area contributed by atoms with Crippen LogP contribution in [0.1, 0.15) is 0 Å². The summed E-state index contributed by atoms with van der Waals surface area (Å²) in [5.41, 5.74) is -16.1. The molecule has 0 spiro atoms. The Bertz CT molecular complexity index is 2510. The molecule has 64 heavy (non-hydrogen) atoms. The number of para-hydroxylation sites is 2. The number of anilines is 2. The topological polar surface area (TPSA) is 144 Å². The predicted molar refractivity (Wildman–Crippen MR) is 274 cm³/mol. The van der Waals surface area contributed by atoms with Gasteiger partial charge in [-0.2, -0.15) is 56.3 Å². The average Bonchev–Trinajstić information content (AvgIpc) is 3.16. The van der Waals surface area contributed by atoms with Crippen molar-refractivity contribution in [2.24, 2.45) is 0 Å². The summed E-state index contributed by atoms with van der Waals surface area (Å²) in [6.45, 7) is 0.124. The summed E-state index contributed by atoms with van der Waals surface area (Å²) >= 11 is 32.4. The molecule has 43 heteroatoms. The number of hydrogen-bond acceptors (Lipinski definition) is 16. The van der Waals surface area contributed by atoms with Gasteiger partial charge in [0.05, 0.1) is 0 Å². The zero-order valence-electron chi connectivity index (χ0n) is 31.5. The first-order valence-electron chi connectivity index (χ1n) is 14.1. The molecule has 0 bridgehead atoms. The third kappa shape index (κ3) is 32.1. The predicted octanol–water partition coefficient (Wildman–Crippen LogP) is 4.93. The van der Waals surface area contributed by atoms with Crippen LogP contribution in [0.2, 0.25) is 13.1 Å². The minimum atomic E-state index is -6.48. The van der Waals surface area contributed by atoms with E-state index in [1.807, 2.05) is 49.8 Å². The number of alkyl halides is 9. The normalized spacial score (nSPS) is 11.3. The molecule has 379 valence electrons. The molecule has 11 nitrogen and oxygen atoms in total. The molecule has 2 aromatic carbocycles. The van der Waals surface area contributed by atoms with Crippen LogP contribution in [0.25, 0.3) is 0 Å². The zero-order chi connectivity index (χ0) is 51.4. The Kier molecular flexibility index (Phi) is 40.9. The van der Waals surface area contributed by atoms with Crippen LogP contribution in [0.15, 0.2) is 48.5 Å². The molecule has 0 amide bonds. The second kappa shape index (κ2) is 36.0. The zero-order valence-corrected chi connectivity index (χ0v) is 51.2. The third-order valence-corrected chi connectivity index (χ3v) is 35.1.